The number of hydrogen-bond donors (Lipinski definition) is 1. The molecule has 18 heavy (non-hydrogen) atoms. The summed E-state index contributed by atoms with van der Waals surface area (Å²) in [5, 5.41) is 4.20. The summed E-state index contributed by atoms with van der Waals surface area (Å²) in [6, 6.07) is 8.40. The fourth-order valence-electron chi connectivity index (χ4n) is 2.30. The summed E-state index contributed by atoms with van der Waals surface area (Å²) in [6.45, 7) is 5.67. The fourth-order valence-corrected chi connectivity index (χ4v) is 2.30. The molecule has 0 saturated carbocycles. The zero-order valence-electron chi connectivity index (χ0n) is 11.0. The van der Waals surface area contributed by atoms with Crippen LogP contribution in [0.1, 0.15) is 29.8 Å². The Morgan fingerprint density at radius 2 is 2.11 bits per heavy atom. The van der Waals surface area contributed by atoms with E-state index in [0.29, 0.717) is 12.5 Å². The third-order valence-corrected chi connectivity index (χ3v) is 3.34. The first-order valence-corrected chi connectivity index (χ1v) is 6.38. The molecular formula is C14H20N4. The Labute approximate surface area is 108 Å². The van der Waals surface area contributed by atoms with Gasteiger partial charge in [-0.25, -0.2) is 4.98 Å². The Morgan fingerprint density at radius 1 is 1.33 bits per heavy atom. The van der Waals surface area contributed by atoms with E-state index in [2.05, 4.69) is 48.2 Å². The third kappa shape index (κ3) is 2.59. The SMILES string of the molecule is CCn1ncnc1CC(CN)c1ccccc1C. The van der Waals surface area contributed by atoms with Gasteiger partial charge in [-0.1, -0.05) is 24.3 Å². The molecule has 4 heteroatoms. The molecule has 0 fully saturated rings. The number of nitrogens with zero attached hydrogens (tertiary/aromatic N) is 3. The van der Waals surface area contributed by atoms with Gasteiger partial charge >= 0.3 is 0 Å². The second-order valence-electron chi connectivity index (χ2n) is 4.49. The van der Waals surface area contributed by atoms with E-state index in [4.69, 9.17) is 5.73 Å². The Hall–Kier alpha value is -1.68. The minimum absolute atomic E-state index is 0.306. The van der Waals surface area contributed by atoms with E-state index < -0.39 is 0 Å². The van der Waals surface area contributed by atoms with Gasteiger partial charge in [0.1, 0.15) is 12.2 Å². The predicted octanol–water partition coefficient (Wildman–Crippen LogP) is 1.89. The average molecular weight is 244 g/mol. The third-order valence-electron chi connectivity index (χ3n) is 3.34. The molecule has 0 radical (unpaired) electrons. The molecule has 1 aromatic heterocycles. The van der Waals surface area contributed by atoms with Crippen LogP contribution in [0.5, 0.6) is 0 Å². The molecule has 0 aliphatic heterocycles. The standard InChI is InChI=1S/C14H20N4/c1-3-18-14(16-10-17-18)8-12(9-15)13-7-5-4-6-11(13)2/h4-7,10,12H,3,8-9,15H2,1-2H3. The zero-order chi connectivity index (χ0) is 13.0. The maximum atomic E-state index is 5.92. The molecule has 0 saturated heterocycles. The Morgan fingerprint density at radius 3 is 2.78 bits per heavy atom. The number of hydrogen-bond acceptors (Lipinski definition) is 3. The minimum Gasteiger partial charge on any atom is -0.330 e. The van der Waals surface area contributed by atoms with Crippen molar-refractivity contribution in [2.75, 3.05) is 6.54 Å². The summed E-state index contributed by atoms with van der Waals surface area (Å²) >= 11 is 0. The van der Waals surface area contributed by atoms with E-state index in [-0.39, 0.29) is 0 Å². The van der Waals surface area contributed by atoms with Crippen molar-refractivity contribution >= 4 is 0 Å². The maximum Gasteiger partial charge on any atom is 0.138 e. The second kappa shape index (κ2) is 5.78. The average Bonchev–Trinajstić information content (AvgIpc) is 2.84. The van der Waals surface area contributed by atoms with Crippen molar-refractivity contribution in [3.05, 3.63) is 47.5 Å². The predicted molar refractivity (Wildman–Crippen MR) is 72.4 cm³/mol. The van der Waals surface area contributed by atoms with Crippen molar-refractivity contribution in [1.29, 1.82) is 0 Å². The van der Waals surface area contributed by atoms with Crippen LogP contribution in [-0.2, 0) is 13.0 Å². The monoisotopic (exact) mass is 244 g/mol. The van der Waals surface area contributed by atoms with Crippen LogP contribution in [0.3, 0.4) is 0 Å². The van der Waals surface area contributed by atoms with Crippen LogP contribution in [0.15, 0.2) is 30.6 Å². The van der Waals surface area contributed by atoms with E-state index in [9.17, 15) is 0 Å². The normalized spacial score (nSPS) is 12.6. The molecule has 0 aliphatic carbocycles. The molecule has 0 aliphatic rings. The minimum atomic E-state index is 0.306. The van der Waals surface area contributed by atoms with E-state index in [1.807, 2.05) is 4.68 Å². The van der Waals surface area contributed by atoms with Crippen LogP contribution in [0.4, 0.5) is 0 Å². The van der Waals surface area contributed by atoms with Gasteiger partial charge in [0, 0.05) is 18.9 Å². The molecule has 1 atom stereocenters. The summed E-state index contributed by atoms with van der Waals surface area (Å²) < 4.78 is 1.93. The molecule has 1 aromatic carbocycles. The highest BCUT2D eigenvalue weighted by atomic mass is 15.3. The van der Waals surface area contributed by atoms with E-state index in [1.165, 1.54) is 11.1 Å². The molecule has 0 spiro atoms. The van der Waals surface area contributed by atoms with E-state index >= 15 is 0 Å². The largest absolute Gasteiger partial charge is 0.330 e. The van der Waals surface area contributed by atoms with Crippen LogP contribution in [0, 0.1) is 6.92 Å². The molecule has 1 unspecified atom stereocenters. The first kappa shape index (κ1) is 12.8. The summed E-state index contributed by atoms with van der Waals surface area (Å²) in [7, 11) is 0. The molecule has 1 heterocycles. The second-order valence-corrected chi connectivity index (χ2v) is 4.49. The molecule has 4 nitrogen and oxygen atoms in total. The quantitative estimate of drug-likeness (QED) is 0.873. The summed E-state index contributed by atoms with van der Waals surface area (Å²) in [5.41, 5.74) is 8.52. The molecule has 2 N–H and O–H groups in total. The highest BCUT2D eigenvalue weighted by Crippen LogP contribution is 2.22. The van der Waals surface area contributed by atoms with Crippen molar-refractivity contribution < 1.29 is 0 Å². The summed E-state index contributed by atoms with van der Waals surface area (Å²) in [4.78, 5) is 4.33. The van der Waals surface area contributed by atoms with Gasteiger partial charge in [-0.2, -0.15) is 5.10 Å². The smallest absolute Gasteiger partial charge is 0.138 e. The molecule has 0 bridgehead atoms. The lowest BCUT2D eigenvalue weighted by atomic mass is 9.92. The van der Waals surface area contributed by atoms with Gasteiger partial charge in [-0.05, 0) is 31.5 Å². The highest BCUT2D eigenvalue weighted by molar-refractivity contribution is 5.30. The number of aromatic nitrogens is 3. The van der Waals surface area contributed by atoms with Gasteiger partial charge in [0.2, 0.25) is 0 Å². The number of nitrogens with two attached hydrogens (primary N) is 1. The zero-order valence-corrected chi connectivity index (χ0v) is 11.0. The molecule has 2 aromatic rings. The van der Waals surface area contributed by atoms with E-state index in [0.717, 1.165) is 18.8 Å². The Balaban J connectivity index is 2.23. The summed E-state index contributed by atoms with van der Waals surface area (Å²) in [5.74, 6) is 1.32. The van der Waals surface area contributed by atoms with Gasteiger partial charge in [0.25, 0.3) is 0 Å². The summed E-state index contributed by atoms with van der Waals surface area (Å²) in [6.07, 6.45) is 2.46. The lowest BCUT2D eigenvalue weighted by Crippen LogP contribution is -2.18. The van der Waals surface area contributed by atoms with Gasteiger partial charge in [-0.15, -0.1) is 0 Å². The van der Waals surface area contributed by atoms with Crippen molar-refractivity contribution in [3.8, 4) is 0 Å². The van der Waals surface area contributed by atoms with Gasteiger partial charge in [0.15, 0.2) is 0 Å². The lowest BCUT2D eigenvalue weighted by Gasteiger charge is -2.17. The van der Waals surface area contributed by atoms with Crippen LogP contribution in [0.25, 0.3) is 0 Å². The van der Waals surface area contributed by atoms with E-state index in [1.54, 1.807) is 6.33 Å². The first-order chi connectivity index (χ1) is 8.76. The van der Waals surface area contributed by atoms with Crippen LogP contribution in [-0.4, -0.2) is 21.3 Å². The van der Waals surface area contributed by atoms with Crippen molar-refractivity contribution in [2.24, 2.45) is 5.73 Å². The van der Waals surface area contributed by atoms with Gasteiger partial charge in [-0.3, -0.25) is 4.68 Å². The topological polar surface area (TPSA) is 56.7 Å². The highest BCUT2D eigenvalue weighted by Gasteiger charge is 2.15. The van der Waals surface area contributed by atoms with Crippen molar-refractivity contribution in [3.63, 3.8) is 0 Å². The van der Waals surface area contributed by atoms with Crippen molar-refractivity contribution in [1.82, 2.24) is 14.8 Å². The van der Waals surface area contributed by atoms with Gasteiger partial charge < -0.3 is 5.73 Å². The Kier molecular flexibility index (Phi) is 4.10. The van der Waals surface area contributed by atoms with Crippen LogP contribution < -0.4 is 5.73 Å². The lowest BCUT2D eigenvalue weighted by molar-refractivity contribution is 0.575. The molecule has 0 amide bonds. The van der Waals surface area contributed by atoms with Crippen molar-refractivity contribution in [2.45, 2.75) is 32.7 Å². The molecule has 2 rings (SSSR count). The first-order valence-electron chi connectivity index (χ1n) is 6.38. The van der Waals surface area contributed by atoms with Crippen LogP contribution in [0.2, 0.25) is 0 Å². The molecule has 96 valence electrons. The maximum absolute atomic E-state index is 5.92. The Bertz CT molecular complexity index is 504. The molecular weight excluding hydrogens is 224 g/mol. The number of aryl methyl sites for hydroxylation is 2. The van der Waals surface area contributed by atoms with Gasteiger partial charge in [0.05, 0.1) is 0 Å². The number of benzene rings is 1. The van der Waals surface area contributed by atoms with Crippen LogP contribution >= 0.6 is 0 Å². The number of rotatable bonds is 5. The fraction of sp³-hybridized carbons (Fsp3) is 0.429.